The monoisotopic (exact) mass is 199 g/mol. The molecule has 50 valence electrons. The first-order chi connectivity index (χ1) is 5.27. The Bertz CT molecular complexity index is 398. The SMILES string of the molecule is [2H]c1nc(Br)c2[nH]cnc2n1. The largest absolute Gasteiger partial charge is 0.341 e. The van der Waals surface area contributed by atoms with E-state index < -0.39 is 0 Å². The van der Waals surface area contributed by atoms with Crippen LogP contribution in [0.15, 0.2) is 17.2 Å². The molecule has 10 heavy (non-hydrogen) atoms. The first-order valence-corrected chi connectivity index (χ1v) is 3.40. The summed E-state index contributed by atoms with van der Waals surface area (Å²) in [5.41, 5.74) is 1.23. The molecule has 0 atom stereocenters. The Kier molecular flexibility index (Phi) is 0.965. The van der Waals surface area contributed by atoms with Gasteiger partial charge in [-0.05, 0) is 15.9 Å². The molecule has 0 aliphatic heterocycles. The topological polar surface area (TPSA) is 54.5 Å². The second-order valence-electron chi connectivity index (χ2n) is 1.72. The van der Waals surface area contributed by atoms with Crippen molar-refractivity contribution in [3.05, 3.63) is 17.2 Å². The summed E-state index contributed by atoms with van der Waals surface area (Å²) < 4.78 is 7.72. The van der Waals surface area contributed by atoms with E-state index in [0.29, 0.717) is 10.3 Å². The Balaban J connectivity index is 2.91. The minimum atomic E-state index is -0.0310. The van der Waals surface area contributed by atoms with Crippen LogP contribution in [0.1, 0.15) is 1.37 Å². The van der Waals surface area contributed by atoms with Crippen LogP contribution in [0.4, 0.5) is 0 Å². The number of halogens is 1. The molecule has 2 heterocycles. The fourth-order valence-corrected chi connectivity index (χ4v) is 1.07. The lowest BCUT2D eigenvalue weighted by Crippen LogP contribution is -1.80. The van der Waals surface area contributed by atoms with Crippen molar-refractivity contribution in [1.82, 2.24) is 19.9 Å². The van der Waals surface area contributed by atoms with Gasteiger partial charge in [0.15, 0.2) is 5.65 Å². The molecule has 0 saturated carbocycles. The van der Waals surface area contributed by atoms with Crippen LogP contribution in [0, 0.1) is 0 Å². The molecule has 2 rings (SSSR count). The summed E-state index contributed by atoms with van der Waals surface area (Å²) in [6.45, 7) is 0. The zero-order chi connectivity index (χ0) is 7.84. The van der Waals surface area contributed by atoms with Gasteiger partial charge < -0.3 is 4.98 Å². The lowest BCUT2D eigenvalue weighted by Gasteiger charge is -1.87. The first kappa shape index (κ1) is 4.79. The molecule has 0 saturated heterocycles. The lowest BCUT2D eigenvalue weighted by molar-refractivity contribution is 1.17. The van der Waals surface area contributed by atoms with E-state index in [2.05, 4.69) is 35.9 Å². The van der Waals surface area contributed by atoms with Crippen LogP contribution in [0.5, 0.6) is 0 Å². The third kappa shape index (κ3) is 0.706. The smallest absolute Gasteiger partial charge is 0.181 e. The molecule has 0 radical (unpaired) electrons. The molecular formula is C5H3BrN4. The molecule has 0 aliphatic carbocycles. The van der Waals surface area contributed by atoms with Crippen molar-refractivity contribution >= 4 is 27.1 Å². The van der Waals surface area contributed by atoms with Gasteiger partial charge in [-0.25, -0.2) is 15.0 Å². The van der Waals surface area contributed by atoms with Crippen LogP contribution in [0.3, 0.4) is 0 Å². The van der Waals surface area contributed by atoms with Gasteiger partial charge in [-0.3, -0.25) is 0 Å². The maximum absolute atomic E-state index is 7.15. The van der Waals surface area contributed by atoms with E-state index in [9.17, 15) is 0 Å². The zero-order valence-electron chi connectivity index (χ0n) is 5.80. The molecule has 1 N–H and O–H groups in total. The maximum atomic E-state index is 7.15. The van der Waals surface area contributed by atoms with Gasteiger partial charge in [0.1, 0.15) is 17.8 Å². The van der Waals surface area contributed by atoms with Crippen molar-refractivity contribution in [2.24, 2.45) is 0 Å². The molecule has 5 heteroatoms. The summed E-state index contributed by atoms with van der Waals surface area (Å²) >= 11 is 3.18. The van der Waals surface area contributed by atoms with Gasteiger partial charge in [0.05, 0.1) is 6.33 Å². The van der Waals surface area contributed by atoms with Crippen molar-refractivity contribution in [3.8, 4) is 0 Å². The molecule has 4 nitrogen and oxygen atoms in total. The van der Waals surface area contributed by atoms with Crippen LogP contribution in [0.25, 0.3) is 11.2 Å². The van der Waals surface area contributed by atoms with Crippen LogP contribution < -0.4 is 0 Å². The van der Waals surface area contributed by atoms with Gasteiger partial charge in [-0.2, -0.15) is 0 Å². The van der Waals surface area contributed by atoms with Crippen molar-refractivity contribution in [1.29, 1.82) is 0 Å². The van der Waals surface area contributed by atoms with Crippen molar-refractivity contribution in [3.63, 3.8) is 0 Å². The van der Waals surface area contributed by atoms with Crippen molar-refractivity contribution in [2.45, 2.75) is 0 Å². The molecule has 0 fully saturated rings. The average molecular weight is 200 g/mol. The number of rotatable bonds is 0. The summed E-state index contributed by atoms with van der Waals surface area (Å²) in [5, 5.41) is 0. The van der Waals surface area contributed by atoms with Crippen LogP contribution >= 0.6 is 15.9 Å². The van der Waals surface area contributed by atoms with E-state index in [-0.39, 0.29) is 6.30 Å². The number of fused-ring (bicyclic) bond motifs is 1. The van der Waals surface area contributed by atoms with Crippen LogP contribution in [-0.2, 0) is 0 Å². The Labute approximate surface area is 66.3 Å². The van der Waals surface area contributed by atoms with E-state index >= 15 is 0 Å². The fraction of sp³-hybridized carbons (Fsp3) is 0. The van der Waals surface area contributed by atoms with Gasteiger partial charge in [-0.1, -0.05) is 0 Å². The maximum Gasteiger partial charge on any atom is 0.181 e. The van der Waals surface area contributed by atoms with E-state index in [1.54, 1.807) is 0 Å². The Hall–Kier alpha value is -0.970. The predicted molar refractivity (Wildman–Crippen MR) is 39.4 cm³/mol. The summed E-state index contributed by atoms with van der Waals surface area (Å²) in [5.74, 6) is 0. The number of aromatic nitrogens is 4. The number of hydrogen-bond acceptors (Lipinski definition) is 3. The minimum Gasteiger partial charge on any atom is -0.341 e. The molecular weight excluding hydrogens is 196 g/mol. The highest BCUT2D eigenvalue weighted by molar-refractivity contribution is 9.10. The molecule has 0 spiro atoms. The number of imidazole rings is 1. The number of aromatic amines is 1. The van der Waals surface area contributed by atoms with E-state index in [4.69, 9.17) is 1.37 Å². The Morgan fingerprint density at radius 3 is 3.30 bits per heavy atom. The van der Waals surface area contributed by atoms with E-state index in [1.165, 1.54) is 6.33 Å². The molecule has 0 amide bonds. The first-order valence-electron chi connectivity index (χ1n) is 3.10. The van der Waals surface area contributed by atoms with Gasteiger partial charge in [0, 0.05) is 0 Å². The predicted octanol–water partition coefficient (Wildman–Crippen LogP) is 1.12. The third-order valence-electron chi connectivity index (χ3n) is 1.13. The van der Waals surface area contributed by atoms with Crippen molar-refractivity contribution < 1.29 is 1.37 Å². The molecule has 0 aromatic carbocycles. The van der Waals surface area contributed by atoms with Gasteiger partial charge in [-0.15, -0.1) is 0 Å². The Morgan fingerprint density at radius 1 is 1.50 bits per heavy atom. The quantitative estimate of drug-likeness (QED) is 0.648. The van der Waals surface area contributed by atoms with Crippen molar-refractivity contribution in [2.75, 3.05) is 0 Å². The number of H-pyrrole nitrogens is 1. The molecule has 0 bridgehead atoms. The van der Waals surface area contributed by atoms with Crippen LogP contribution in [0.2, 0.25) is 0 Å². The lowest BCUT2D eigenvalue weighted by atomic mass is 10.6. The molecule has 0 aliphatic rings. The second-order valence-corrected chi connectivity index (χ2v) is 2.47. The number of hydrogen-bond donors (Lipinski definition) is 1. The standard InChI is InChI=1S/C5H3BrN4/c6-4-3-5(9-1-7-3)10-2-8-4/h1-2H,(H,7,8,9,10)/i2D. The van der Waals surface area contributed by atoms with Gasteiger partial charge in [0.2, 0.25) is 0 Å². The van der Waals surface area contributed by atoms with E-state index in [1.807, 2.05) is 0 Å². The summed E-state index contributed by atoms with van der Waals surface area (Å²) in [6.07, 6.45) is 1.49. The van der Waals surface area contributed by atoms with Crippen LogP contribution in [-0.4, -0.2) is 19.9 Å². The normalized spacial score (nSPS) is 11.9. The molecule has 0 unspecified atom stereocenters. The summed E-state index contributed by atoms with van der Waals surface area (Å²) in [7, 11) is 0. The molecule has 2 aromatic heterocycles. The highest BCUT2D eigenvalue weighted by atomic mass is 79.9. The molecule has 2 aromatic rings. The minimum absolute atomic E-state index is 0.0310. The highest BCUT2D eigenvalue weighted by Crippen LogP contribution is 2.14. The average Bonchev–Trinajstić information content (AvgIpc) is 2.34. The zero-order valence-corrected chi connectivity index (χ0v) is 6.38. The van der Waals surface area contributed by atoms with Gasteiger partial charge >= 0.3 is 0 Å². The summed E-state index contributed by atoms with van der Waals surface area (Å²) in [4.78, 5) is 14.3. The second kappa shape index (κ2) is 2.02. The Morgan fingerprint density at radius 2 is 2.40 bits per heavy atom. The highest BCUT2D eigenvalue weighted by Gasteiger charge is 1.99. The fourth-order valence-electron chi connectivity index (χ4n) is 0.696. The van der Waals surface area contributed by atoms with E-state index in [0.717, 1.165) is 5.52 Å². The summed E-state index contributed by atoms with van der Waals surface area (Å²) in [6, 6.07) is 0. The number of nitrogens with one attached hydrogen (secondary N) is 1. The number of nitrogens with zero attached hydrogens (tertiary/aromatic N) is 3. The third-order valence-corrected chi connectivity index (χ3v) is 1.70. The van der Waals surface area contributed by atoms with Gasteiger partial charge in [0.25, 0.3) is 0 Å².